The van der Waals surface area contributed by atoms with E-state index in [1.165, 1.54) is 14.9 Å². The number of rotatable bonds is 5. The molecule has 0 atom stereocenters. The molecule has 10 nitrogen and oxygen atoms in total. The molecule has 1 aliphatic heterocycles. The molecule has 3 aromatic heterocycles. The maximum absolute atomic E-state index is 12.3. The Hall–Kier alpha value is -3.28. The summed E-state index contributed by atoms with van der Waals surface area (Å²) in [6.45, 7) is 0.774. The molecular formula is C20H22N8O2S. The summed E-state index contributed by atoms with van der Waals surface area (Å²) < 4.78 is 27.4. The highest BCUT2D eigenvalue weighted by atomic mass is 32.2. The first-order valence-electron chi connectivity index (χ1n) is 9.83. The summed E-state index contributed by atoms with van der Waals surface area (Å²) in [7, 11) is -0.319. The van der Waals surface area contributed by atoms with Crippen molar-refractivity contribution in [3.8, 4) is 0 Å². The van der Waals surface area contributed by atoms with Crippen molar-refractivity contribution in [1.82, 2.24) is 33.8 Å². The normalized spacial score (nSPS) is 15.6. The summed E-state index contributed by atoms with van der Waals surface area (Å²) in [6, 6.07) is 7.94. The maximum Gasteiger partial charge on any atom is 0.281 e. The molecule has 0 spiro atoms. The third-order valence-corrected chi connectivity index (χ3v) is 7.34. The van der Waals surface area contributed by atoms with Crippen LogP contribution in [0.2, 0.25) is 0 Å². The Morgan fingerprint density at radius 1 is 1.19 bits per heavy atom. The van der Waals surface area contributed by atoms with Crippen molar-refractivity contribution in [3.05, 3.63) is 48.6 Å². The fourth-order valence-corrected chi connectivity index (χ4v) is 4.75. The topological polar surface area (TPSA) is 123 Å². The summed E-state index contributed by atoms with van der Waals surface area (Å²) >= 11 is 0. The number of nitrogens with zero attached hydrogens (tertiary/aromatic N) is 5. The number of fused-ring (bicyclic) bond motifs is 2. The zero-order valence-electron chi connectivity index (χ0n) is 17.1. The predicted molar refractivity (Wildman–Crippen MR) is 120 cm³/mol. The molecule has 160 valence electrons. The lowest BCUT2D eigenvalue weighted by Crippen LogP contribution is -2.42. The van der Waals surface area contributed by atoms with Gasteiger partial charge in [0.15, 0.2) is 0 Å². The first kappa shape index (κ1) is 19.7. The number of aromatic amines is 2. The number of anilines is 2. The predicted octanol–water partition coefficient (Wildman–Crippen LogP) is 2.47. The van der Waals surface area contributed by atoms with E-state index in [-0.39, 0.29) is 0 Å². The minimum atomic E-state index is -3.41. The van der Waals surface area contributed by atoms with Gasteiger partial charge >= 0.3 is 0 Å². The van der Waals surface area contributed by atoms with E-state index in [9.17, 15) is 8.42 Å². The Morgan fingerprint density at radius 3 is 2.84 bits per heavy atom. The van der Waals surface area contributed by atoms with Gasteiger partial charge in [0.2, 0.25) is 0 Å². The van der Waals surface area contributed by atoms with Crippen LogP contribution in [0.15, 0.2) is 42.9 Å². The van der Waals surface area contributed by atoms with Gasteiger partial charge in [-0.15, -0.1) is 0 Å². The van der Waals surface area contributed by atoms with Gasteiger partial charge in [-0.1, -0.05) is 6.08 Å². The number of benzene rings is 1. The van der Waals surface area contributed by atoms with Crippen LogP contribution in [0.3, 0.4) is 0 Å². The van der Waals surface area contributed by atoms with Gasteiger partial charge in [-0.25, -0.2) is 9.97 Å². The number of hydrogen-bond acceptors (Lipinski definition) is 6. The zero-order valence-corrected chi connectivity index (χ0v) is 17.9. The molecule has 11 heteroatoms. The average molecular weight is 439 g/mol. The third kappa shape index (κ3) is 3.56. The van der Waals surface area contributed by atoms with Gasteiger partial charge in [-0.05, 0) is 36.3 Å². The van der Waals surface area contributed by atoms with Gasteiger partial charge in [0.25, 0.3) is 10.2 Å². The highest BCUT2D eigenvalue weighted by Crippen LogP contribution is 2.30. The third-order valence-electron chi connectivity index (χ3n) is 5.43. The molecule has 0 bridgehead atoms. The van der Waals surface area contributed by atoms with E-state index in [4.69, 9.17) is 0 Å². The SMILES string of the molecule is CN(C)S(=O)(=O)N1CC=C(c2cc3c(Nc4ccc5[nH]ncc5c4)ncnc3[nH]2)CC1. The van der Waals surface area contributed by atoms with Gasteiger partial charge in [0.1, 0.15) is 17.8 Å². The molecule has 0 radical (unpaired) electrons. The molecule has 3 N–H and O–H groups in total. The van der Waals surface area contributed by atoms with Crippen LogP contribution >= 0.6 is 0 Å². The lowest BCUT2D eigenvalue weighted by Gasteiger charge is -2.27. The Balaban J connectivity index is 1.43. The highest BCUT2D eigenvalue weighted by molar-refractivity contribution is 7.86. The van der Waals surface area contributed by atoms with Crippen molar-refractivity contribution in [1.29, 1.82) is 0 Å². The van der Waals surface area contributed by atoms with E-state index in [0.717, 1.165) is 38.9 Å². The van der Waals surface area contributed by atoms with Gasteiger partial charge in [-0.3, -0.25) is 5.10 Å². The Kier molecular flexibility index (Phi) is 4.73. The smallest absolute Gasteiger partial charge is 0.281 e. The van der Waals surface area contributed by atoms with Crippen LogP contribution in [0.1, 0.15) is 12.1 Å². The summed E-state index contributed by atoms with van der Waals surface area (Å²) in [5, 5.41) is 12.2. The van der Waals surface area contributed by atoms with E-state index in [1.54, 1.807) is 20.3 Å². The fourth-order valence-electron chi connectivity index (χ4n) is 3.71. The molecule has 31 heavy (non-hydrogen) atoms. The molecule has 0 unspecified atom stereocenters. The summed E-state index contributed by atoms with van der Waals surface area (Å²) in [4.78, 5) is 12.1. The van der Waals surface area contributed by atoms with Gasteiger partial charge in [0.05, 0.1) is 17.1 Å². The molecule has 0 fully saturated rings. The fraction of sp³-hybridized carbons (Fsp3) is 0.250. The van der Waals surface area contributed by atoms with Crippen molar-refractivity contribution >= 4 is 49.2 Å². The van der Waals surface area contributed by atoms with Crippen molar-refractivity contribution in [3.63, 3.8) is 0 Å². The van der Waals surface area contributed by atoms with Crippen LogP contribution in [-0.2, 0) is 10.2 Å². The first-order valence-corrected chi connectivity index (χ1v) is 11.2. The standard InChI is InChI=1S/C20H22N8O2S/c1-27(2)31(29,30)28-7-5-13(6-8-28)18-10-16-19(21-12-22-20(16)25-18)24-15-3-4-17-14(9-15)11-23-26-17/h3-5,9-12H,6-8H2,1-2H3,(H,23,26)(H2,21,22,24,25). The van der Waals surface area contributed by atoms with Crippen LogP contribution < -0.4 is 5.32 Å². The molecule has 0 saturated carbocycles. The summed E-state index contributed by atoms with van der Waals surface area (Å²) in [6.07, 6.45) is 5.86. The molecule has 0 saturated heterocycles. The number of nitrogens with one attached hydrogen (secondary N) is 3. The first-order chi connectivity index (χ1) is 14.9. The largest absolute Gasteiger partial charge is 0.340 e. The van der Waals surface area contributed by atoms with Crippen molar-refractivity contribution in [2.45, 2.75) is 6.42 Å². The Labute approximate surface area is 179 Å². The minimum Gasteiger partial charge on any atom is -0.340 e. The van der Waals surface area contributed by atoms with Crippen LogP contribution in [0.4, 0.5) is 11.5 Å². The lowest BCUT2D eigenvalue weighted by atomic mass is 10.1. The molecule has 0 amide bonds. The second-order valence-electron chi connectivity index (χ2n) is 7.59. The lowest BCUT2D eigenvalue weighted by molar-refractivity contribution is 0.396. The van der Waals surface area contributed by atoms with Gasteiger partial charge in [0, 0.05) is 44.0 Å². The van der Waals surface area contributed by atoms with E-state index in [1.807, 2.05) is 30.3 Å². The van der Waals surface area contributed by atoms with Crippen LogP contribution in [0.25, 0.3) is 27.5 Å². The molecule has 5 rings (SSSR count). The Morgan fingerprint density at radius 2 is 2.06 bits per heavy atom. The van der Waals surface area contributed by atoms with Gasteiger partial charge in [-0.2, -0.15) is 22.1 Å². The quantitative estimate of drug-likeness (QED) is 0.440. The zero-order chi connectivity index (χ0) is 21.6. The van der Waals surface area contributed by atoms with E-state index < -0.39 is 10.2 Å². The molecule has 4 aromatic rings. The average Bonchev–Trinajstić information content (AvgIpc) is 3.41. The highest BCUT2D eigenvalue weighted by Gasteiger charge is 2.26. The molecule has 1 aliphatic rings. The summed E-state index contributed by atoms with van der Waals surface area (Å²) in [5.41, 5.74) is 4.58. The number of H-pyrrole nitrogens is 2. The van der Waals surface area contributed by atoms with Crippen LogP contribution in [0, 0.1) is 0 Å². The van der Waals surface area contributed by atoms with Crippen molar-refractivity contribution < 1.29 is 8.42 Å². The molecule has 4 heterocycles. The number of aromatic nitrogens is 5. The molecule has 1 aromatic carbocycles. The van der Waals surface area contributed by atoms with Crippen LogP contribution in [0.5, 0.6) is 0 Å². The van der Waals surface area contributed by atoms with E-state index >= 15 is 0 Å². The van der Waals surface area contributed by atoms with Crippen molar-refractivity contribution in [2.24, 2.45) is 0 Å². The summed E-state index contributed by atoms with van der Waals surface area (Å²) in [5.74, 6) is 0.698. The second-order valence-corrected chi connectivity index (χ2v) is 9.73. The Bertz CT molecular complexity index is 1400. The van der Waals surface area contributed by atoms with E-state index in [2.05, 4.69) is 30.5 Å². The van der Waals surface area contributed by atoms with E-state index in [0.29, 0.717) is 25.3 Å². The molecule has 0 aliphatic carbocycles. The second kappa shape index (κ2) is 7.45. The number of hydrogen-bond donors (Lipinski definition) is 3. The monoisotopic (exact) mass is 438 g/mol. The van der Waals surface area contributed by atoms with Gasteiger partial charge < -0.3 is 10.3 Å². The minimum absolute atomic E-state index is 0.340. The van der Waals surface area contributed by atoms with Crippen molar-refractivity contribution in [2.75, 3.05) is 32.5 Å². The van der Waals surface area contributed by atoms with Crippen LogP contribution in [-0.4, -0.2) is 69.4 Å². The molecular weight excluding hydrogens is 416 g/mol. The maximum atomic E-state index is 12.3.